The number of nitrogens with one attached hydrogen (secondary N) is 1. The Morgan fingerprint density at radius 1 is 1.43 bits per heavy atom. The standard InChI is InChI=1S/C10H13ClN2O/c11-6-9(10(12)14)13-7-8-4-2-1-3-5-8/h1-5,9,13H,6-7H2,(H2,12,14). The Morgan fingerprint density at radius 2 is 2.07 bits per heavy atom. The molecule has 0 heterocycles. The van der Waals surface area contributed by atoms with Crippen LogP contribution in [0.3, 0.4) is 0 Å². The molecule has 1 aromatic carbocycles. The van der Waals surface area contributed by atoms with Crippen molar-refractivity contribution in [2.75, 3.05) is 5.88 Å². The number of amides is 1. The lowest BCUT2D eigenvalue weighted by Gasteiger charge is -2.11. The van der Waals surface area contributed by atoms with E-state index < -0.39 is 11.9 Å². The molecule has 3 N–H and O–H groups in total. The molecule has 14 heavy (non-hydrogen) atoms. The summed E-state index contributed by atoms with van der Waals surface area (Å²) in [6.45, 7) is 0.598. The number of benzene rings is 1. The van der Waals surface area contributed by atoms with E-state index in [0.29, 0.717) is 6.54 Å². The molecule has 4 heteroatoms. The van der Waals surface area contributed by atoms with E-state index >= 15 is 0 Å². The maximum Gasteiger partial charge on any atom is 0.235 e. The topological polar surface area (TPSA) is 55.1 Å². The number of hydrogen-bond acceptors (Lipinski definition) is 2. The van der Waals surface area contributed by atoms with Gasteiger partial charge >= 0.3 is 0 Å². The zero-order valence-corrected chi connectivity index (χ0v) is 8.50. The molecule has 1 unspecified atom stereocenters. The van der Waals surface area contributed by atoms with Crippen LogP contribution in [0.1, 0.15) is 5.56 Å². The average Bonchev–Trinajstić information content (AvgIpc) is 2.20. The first-order chi connectivity index (χ1) is 6.74. The molecule has 0 radical (unpaired) electrons. The number of alkyl halides is 1. The second-order valence-electron chi connectivity index (χ2n) is 2.98. The predicted molar refractivity (Wildman–Crippen MR) is 57.0 cm³/mol. The second kappa shape index (κ2) is 5.62. The van der Waals surface area contributed by atoms with E-state index in [2.05, 4.69) is 5.32 Å². The summed E-state index contributed by atoms with van der Waals surface area (Å²) >= 11 is 5.57. The molecule has 0 spiro atoms. The highest BCUT2D eigenvalue weighted by Crippen LogP contribution is 1.98. The summed E-state index contributed by atoms with van der Waals surface area (Å²) in [5.74, 6) is -0.224. The Bertz CT molecular complexity index is 289. The van der Waals surface area contributed by atoms with Crippen LogP contribution in [0.5, 0.6) is 0 Å². The maximum atomic E-state index is 10.8. The minimum absolute atomic E-state index is 0.197. The first-order valence-electron chi connectivity index (χ1n) is 4.36. The van der Waals surface area contributed by atoms with Gasteiger partial charge in [0, 0.05) is 12.4 Å². The van der Waals surface area contributed by atoms with Gasteiger partial charge in [-0.1, -0.05) is 30.3 Å². The van der Waals surface area contributed by atoms with Crippen LogP contribution in [-0.2, 0) is 11.3 Å². The number of rotatable bonds is 5. The van der Waals surface area contributed by atoms with Crippen LogP contribution in [-0.4, -0.2) is 17.8 Å². The van der Waals surface area contributed by atoms with Gasteiger partial charge in [-0.15, -0.1) is 11.6 Å². The van der Waals surface area contributed by atoms with Crippen LogP contribution in [0.4, 0.5) is 0 Å². The van der Waals surface area contributed by atoms with Crippen molar-refractivity contribution in [3.05, 3.63) is 35.9 Å². The van der Waals surface area contributed by atoms with Crippen LogP contribution in [0.15, 0.2) is 30.3 Å². The van der Waals surface area contributed by atoms with Crippen LogP contribution in [0, 0.1) is 0 Å². The molecule has 0 aromatic heterocycles. The Kier molecular flexibility index (Phi) is 4.43. The minimum atomic E-state index is -0.461. The van der Waals surface area contributed by atoms with Crippen LogP contribution < -0.4 is 11.1 Å². The van der Waals surface area contributed by atoms with Gasteiger partial charge in [0.25, 0.3) is 0 Å². The summed E-state index contributed by atoms with van der Waals surface area (Å²) in [5, 5.41) is 2.98. The molecule has 0 aliphatic rings. The van der Waals surface area contributed by atoms with Crippen molar-refractivity contribution in [1.29, 1.82) is 0 Å². The lowest BCUT2D eigenvalue weighted by molar-refractivity contribution is -0.119. The third kappa shape index (κ3) is 3.36. The second-order valence-corrected chi connectivity index (χ2v) is 3.28. The number of nitrogens with two attached hydrogens (primary N) is 1. The fourth-order valence-corrected chi connectivity index (χ4v) is 1.33. The van der Waals surface area contributed by atoms with E-state index in [1.165, 1.54) is 0 Å². The number of carbonyl (C=O) groups excluding carboxylic acids is 1. The summed E-state index contributed by atoms with van der Waals surface area (Å²) in [7, 11) is 0. The zero-order valence-electron chi connectivity index (χ0n) is 7.74. The van der Waals surface area contributed by atoms with Gasteiger partial charge in [0.15, 0.2) is 0 Å². The molecule has 1 rings (SSSR count). The van der Waals surface area contributed by atoms with Crippen LogP contribution in [0.2, 0.25) is 0 Å². The predicted octanol–water partition coefficient (Wildman–Crippen LogP) is 0.869. The minimum Gasteiger partial charge on any atom is -0.368 e. The molecule has 76 valence electrons. The monoisotopic (exact) mass is 212 g/mol. The SMILES string of the molecule is NC(=O)C(CCl)NCc1ccccc1. The van der Waals surface area contributed by atoms with Crippen molar-refractivity contribution in [1.82, 2.24) is 5.32 Å². The molecule has 0 fully saturated rings. The maximum absolute atomic E-state index is 10.8. The van der Waals surface area contributed by atoms with Crippen LogP contribution in [0.25, 0.3) is 0 Å². The molecular formula is C10H13ClN2O. The van der Waals surface area contributed by atoms with E-state index in [9.17, 15) is 4.79 Å². The van der Waals surface area contributed by atoms with E-state index in [4.69, 9.17) is 17.3 Å². The average molecular weight is 213 g/mol. The molecule has 0 saturated heterocycles. The Morgan fingerprint density at radius 3 is 2.57 bits per heavy atom. The van der Waals surface area contributed by atoms with Gasteiger partial charge in [0.05, 0.1) is 0 Å². The highest BCUT2D eigenvalue weighted by atomic mass is 35.5. The normalized spacial score (nSPS) is 12.4. The number of primary amides is 1. The largest absolute Gasteiger partial charge is 0.368 e. The Labute approximate surface area is 88.2 Å². The quantitative estimate of drug-likeness (QED) is 0.712. The van der Waals surface area contributed by atoms with Gasteiger partial charge < -0.3 is 11.1 Å². The van der Waals surface area contributed by atoms with Crippen molar-refractivity contribution in [2.24, 2.45) is 5.73 Å². The first-order valence-corrected chi connectivity index (χ1v) is 4.90. The summed E-state index contributed by atoms with van der Waals surface area (Å²) in [4.78, 5) is 10.8. The van der Waals surface area contributed by atoms with Crippen molar-refractivity contribution >= 4 is 17.5 Å². The molecule has 3 nitrogen and oxygen atoms in total. The lowest BCUT2D eigenvalue weighted by Crippen LogP contribution is -2.42. The van der Waals surface area contributed by atoms with Gasteiger partial charge in [0.1, 0.15) is 6.04 Å². The number of carbonyl (C=O) groups is 1. The fraction of sp³-hybridized carbons (Fsp3) is 0.300. The summed E-state index contributed by atoms with van der Waals surface area (Å²) in [6, 6.07) is 9.31. The van der Waals surface area contributed by atoms with Crippen molar-refractivity contribution in [3.8, 4) is 0 Å². The third-order valence-corrected chi connectivity index (χ3v) is 2.20. The van der Waals surface area contributed by atoms with Gasteiger partial charge in [0.2, 0.25) is 5.91 Å². The van der Waals surface area contributed by atoms with Crippen LogP contribution >= 0.6 is 11.6 Å². The summed E-state index contributed by atoms with van der Waals surface area (Å²) in [5.41, 5.74) is 6.23. The molecule has 0 aliphatic carbocycles. The molecule has 1 aromatic rings. The first kappa shape index (κ1) is 11.0. The Balaban J connectivity index is 2.44. The van der Waals surface area contributed by atoms with Gasteiger partial charge in [-0.25, -0.2) is 0 Å². The number of halogens is 1. The van der Waals surface area contributed by atoms with E-state index in [0.717, 1.165) is 5.56 Å². The van der Waals surface area contributed by atoms with Gasteiger partial charge in [-0.3, -0.25) is 4.79 Å². The lowest BCUT2D eigenvalue weighted by atomic mass is 10.2. The molecule has 0 saturated carbocycles. The van der Waals surface area contributed by atoms with Gasteiger partial charge in [-0.05, 0) is 5.56 Å². The molecule has 0 aliphatic heterocycles. The van der Waals surface area contributed by atoms with E-state index in [1.54, 1.807) is 0 Å². The van der Waals surface area contributed by atoms with Crippen molar-refractivity contribution in [3.63, 3.8) is 0 Å². The summed E-state index contributed by atoms with van der Waals surface area (Å²) in [6.07, 6.45) is 0. The fourth-order valence-electron chi connectivity index (χ4n) is 1.07. The highest BCUT2D eigenvalue weighted by molar-refractivity contribution is 6.19. The van der Waals surface area contributed by atoms with Crippen molar-refractivity contribution in [2.45, 2.75) is 12.6 Å². The third-order valence-electron chi connectivity index (χ3n) is 1.89. The zero-order chi connectivity index (χ0) is 10.4. The molecular weight excluding hydrogens is 200 g/mol. The Hall–Kier alpha value is -1.06. The summed E-state index contributed by atoms with van der Waals surface area (Å²) < 4.78 is 0. The van der Waals surface area contributed by atoms with Gasteiger partial charge in [-0.2, -0.15) is 0 Å². The van der Waals surface area contributed by atoms with Crippen molar-refractivity contribution < 1.29 is 4.79 Å². The highest BCUT2D eigenvalue weighted by Gasteiger charge is 2.12. The molecule has 1 amide bonds. The number of hydrogen-bond donors (Lipinski definition) is 2. The van der Waals surface area contributed by atoms with E-state index in [-0.39, 0.29) is 5.88 Å². The van der Waals surface area contributed by atoms with E-state index in [1.807, 2.05) is 30.3 Å². The molecule has 1 atom stereocenters. The molecule has 0 bridgehead atoms. The smallest absolute Gasteiger partial charge is 0.235 e.